The van der Waals surface area contributed by atoms with Crippen LogP contribution in [0, 0.1) is 11.7 Å². The molecule has 1 atom stereocenters. The molecule has 170 valence electrons. The van der Waals surface area contributed by atoms with Crippen molar-refractivity contribution in [2.75, 3.05) is 0 Å². The van der Waals surface area contributed by atoms with E-state index in [9.17, 15) is 14.3 Å². The summed E-state index contributed by atoms with van der Waals surface area (Å²) in [7, 11) is 0. The highest BCUT2D eigenvalue weighted by molar-refractivity contribution is 6.32. The maximum absolute atomic E-state index is 13.9. The SMILES string of the molecule is CCCCCCC1CCCc2c(n(Cc3cccc(F)c3)c3c(C(=O)O)cc(Cl)cc23)C1. The van der Waals surface area contributed by atoms with Gasteiger partial charge in [-0.05, 0) is 67.0 Å². The van der Waals surface area contributed by atoms with Gasteiger partial charge in [0.15, 0.2) is 0 Å². The van der Waals surface area contributed by atoms with Crippen LogP contribution < -0.4 is 0 Å². The number of fused-ring (bicyclic) bond motifs is 3. The largest absolute Gasteiger partial charge is 0.478 e. The molecule has 3 aromatic rings. The van der Waals surface area contributed by atoms with Crippen molar-refractivity contribution in [3.63, 3.8) is 0 Å². The molecule has 1 unspecified atom stereocenters. The zero-order valence-electron chi connectivity index (χ0n) is 18.7. The van der Waals surface area contributed by atoms with Gasteiger partial charge in [-0.3, -0.25) is 0 Å². The van der Waals surface area contributed by atoms with Crippen molar-refractivity contribution in [3.8, 4) is 0 Å². The summed E-state index contributed by atoms with van der Waals surface area (Å²) in [5, 5.41) is 11.3. The molecular formula is C27H31ClFNO2. The molecule has 1 heterocycles. The third kappa shape index (κ3) is 4.85. The lowest BCUT2D eigenvalue weighted by molar-refractivity contribution is 0.0698. The molecule has 1 aliphatic rings. The van der Waals surface area contributed by atoms with Crippen LogP contribution in [0.1, 0.15) is 79.0 Å². The summed E-state index contributed by atoms with van der Waals surface area (Å²) in [6.45, 7) is 2.68. The van der Waals surface area contributed by atoms with Crippen molar-refractivity contribution in [2.24, 2.45) is 5.92 Å². The molecule has 0 aliphatic heterocycles. The van der Waals surface area contributed by atoms with E-state index in [0.717, 1.165) is 30.2 Å². The number of rotatable bonds is 8. The van der Waals surface area contributed by atoms with Gasteiger partial charge < -0.3 is 9.67 Å². The molecule has 2 aromatic carbocycles. The molecule has 0 radical (unpaired) electrons. The fourth-order valence-corrected chi connectivity index (χ4v) is 5.51. The fourth-order valence-electron chi connectivity index (χ4n) is 5.29. The topological polar surface area (TPSA) is 42.2 Å². The average molecular weight is 456 g/mol. The molecule has 1 N–H and O–H groups in total. The van der Waals surface area contributed by atoms with E-state index in [1.165, 1.54) is 68.0 Å². The first-order valence-corrected chi connectivity index (χ1v) is 12.2. The van der Waals surface area contributed by atoms with Gasteiger partial charge in [0.25, 0.3) is 0 Å². The number of benzene rings is 2. The Bertz CT molecular complexity index is 1120. The Kier molecular flexibility index (Phi) is 7.20. The van der Waals surface area contributed by atoms with Gasteiger partial charge in [-0.15, -0.1) is 0 Å². The predicted molar refractivity (Wildman–Crippen MR) is 128 cm³/mol. The Morgan fingerprint density at radius 2 is 2.06 bits per heavy atom. The van der Waals surface area contributed by atoms with Gasteiger partial charge in [-0.2, -0.15) is 0 Å². The van der Waals surface area contributed by atoms with Crippen LogP contribution in [0.25, 0.3) is 10.9 Å². The summed E-state index contributed by atoms with van der Waals surface area (Å²) in [5.74, 6) is -0.672. The van der Waals surface area contributed by atoms with Crippen LogP contribution in [0.5, 0.6) is 0 Å². The smallest absolute Gasteiger partial charge is 0.337 e. The number of nitrogens with zero attached hydrogens (tertiary/aromatic N) is 1. The van der Waals surface area contributed by atoms with E-state index in [-0.39, 0.29) is 11.4 Å². The van der Waals surface area contributed by atoms with Gasteiger partial charge in [-0.1, -0.05) is 62.8 Å². The molecule has 5 heteroatoms. The highest BCUT2D eigenvalue weighted by atomic mass is 35.5. The number of carboxylic acid groups (broad SMARTS) is 1. The second-order valence-corrected chi connectivity index (χ2v) is 9.54. The first-order valence-electron chi connectivity index (χ1n) is 11.8. The number of halogens is 2. The van der Waals surface area contributed by atoms with Crippen molar-refractivity contribution < 1.29 is 14.3 Å². The van der Waals surface area contributed by atoms with E-state index in [1.54, 1.807) is 6.07 Å². The highest BCUT2D eigenvalue weighted by Gasteiger charge is 2.27. The molecule has 0 saturated carbocycles. The molecule has 0 saturated heterocycles. The fraction of sp³-hybridized carbons (Fsp3) is 0.444. The van der Waals surface area contributed by atoms with Crippen molar-refractivity contribution in [1.82, 2.24) is 4.57 Å². The molecule has 0 fully saturated rings. The minimum Gasteiger partial charge on any atom is -0.478 e. The zero-order valence-corrected chi connectivity index (χ0v) is 19.4. The number of aromatic carboxylic acids is 1. The first-order chi connectivity index (χ1) is 15.5. The third-order valence-corrected chi connectivity index (χ3v) is 7.01. The Morgan fingerprint density at radius 3 is 2.81 bits per heavy atom. The number of unbranched alkanes of at least 4 members (excludes halogenated alkanes) is 3. The number of carbonyl (C=O) groups is 1. The lowest BCUT2D eigenvalue weighted by atomic mass is 9.93. The summed E-state index contributed by atoms with van der Waals surface area (Å²) in [4.78, 5) is 12.1. The number of carboxylic acids is 1. The maximum Gasteiger partial charge on any atom is 0.337 e. The molecule has 32 heavy (non-hydrogen) atoms. The monoisotopic (exact) mass is 455 g/mol. The first kappa shape index (κ1) is 22.8. The summed E-state index contributed by atoms with van der Waals surface area (Å²) >= 11 is 6.35. The van der Waals surface area contributed by atoms with Crippen molar-refractivity contribution >= 4 is 28.5 Å². The van der Waals surface area contributed by atoms with E-state index in [4.69, 9.17) is 11.6 Å². The summed E-state index contributed by atoms with van der Waals surface area (Å²) < 4.78 is 16.0. The molecule has 3 nitrogen and oxygen atoms in total. The normalized spacial score (nSPS) is 16.2. The standard InChI is InChI=1S/C27H31ClFNO2/c1-2-3-4-5-8-18-9-7-12-22-23-15-20(28)16-24(27(31)32)26(23)30(25(22)14-18)17-19-10-6-11-21(29)13-19/h6,10-11,13,15-16,18H,2-5,7-9,12,14,17H2,1H3,(H,31,32). The molecule has 1 aromatic heterocycles. The number of hydrogen-bond acceptors (Lipinski definition) is 1. The lowest BCUT2D eigenvalue weighted by Crippen LogP contribution is -2.12. The second kappa shape index (κ2) is 10.1. The molecule has 0 bridgehead atoms. The summed E-state index contributed by atoms with van der Waals surface area (Å²) in [5.41, 5.74) is 4.18. The van der Waals surface area contributed by atoms with Gasteiger partial charge in [0.1, 0.15) is 5.82 Å². The van der Waals surface area contributed by atoms with E-state index in [1.807, 2.05) is 12.1 Å². The molecule has 1 aliphatic carbocycles. The van der Waals surface area contributed by atoms with Crippen molar-refractivity contribution in [1.29, 1.82) is 0 Å². The Morgan fingerprint density at radius 1 is 1.22 bits per heavy atom. The Balaban J connectivity index is 1.81. The molecule has 4 rings (SSSR count). The number of aromatic nitrogens is 1. The van der Waals surface area contributed by atoms with Crippen molar-refractivity contribution in [2.45, 2.75) is 71.3 Å². The van der Waals surface area contributed by atoms with Crippen LogP contribution in [0.15, 0.2) is 36.4 Å². The summed E-state index contributed by atoms with van der Waals surface area (Å²) in [6, 6.07) is 10.0. The number of hydrogen-bond donors (Lipinski definition) is 1. The maximum atomic E-state index is 13.9. The van der Waals surface area contributed by atoms with Crippen LogP contribution in [0.4, 0.5) is 4.39 Å². The quantitative estimate of drug-likeness (QED) is 0.280. The van der Waals surface area contributed by atoms with E-state index in [0.29, 0.717) is 23.0 Å². The highest BCUT2D eigenvalue weighted by Crippen LogP contribution is 2.38. The van der Waals surface area contributed by atoms with Gasteiger partial charge in [0.05, 0.1) is 11.1 Å². The third-order valence-electron chi connectivity index (χ3n) is 6.79. The predicted octanol–water partition coefficient (Wildman–Crippen LogP) is 7.65. The van der Waals surface area contributed by atoms with Crippen LogP contribution in [-0.4, -0.2) is 15.6 Å². The van der Waals surface area contributed by atoms with E-state index >= 15 is 0 Å². The van der Waals surface area contributed by atoms with Crippen LogP contribution >= 0.6 is 11.6 Å². The average Bonchev–Trinajstić information content (AvgIpc) is 2.90. The Hall–Kier alpha value is -2.33. The molecular weight excluding hydrogens is 425 g/mol. The van der Waals surface area contributed by atoms with Gasteiger partial charge in [0, 0.05) is 22.6 Å². The van der Waals surface area contributed by atoms with Crippen LogP contribution in [-0.2, 0) is 19.4 Å². The minimum atomic E-state index is -0.984. The van der Waals surface area contributed by atoms with Crippen molar-refractivity contribution in [3.05, 3.63) is 69.6 Å². The second-order valence-electron chi connectivity index (χ2n) is 9.11. The van der Waals surface area contributed by atoms with Gasteiger partial charge in [-0.25, -0.2) is 9.18 Å². The number of aryl methyl sites for hydroxylation is 1. The molecule has 0 amide bonds. The lowest BCUT2D eigenvalue weighted by Gasteiger charge is -2.18. The van der Waals surface area contributed by atoms with Crippen LogP contribution in [0.2, 0.25) is 5.02 Å². The molecule has 0 spiro atoms. The van der Waals surface area contributed by atoms with Gasteiger partial charge in [0.2, 0.25) is 0 Å². The van der Waals surface area contributed by atoms with Crippen LogP contribution in [0.3, 0.4) is 0 Å². The Labute approximate surface area is 194 Å². The zero-order chi connectivity index (χ0) is 22.7. The minimum absolute atomic E-state index is 0.219. The summed E-state index contributed by atoms with van der Waals surface area (Å²) in [6.07, 6.45) is 10.4. The van der Waals surface area contributed by atoms with E-state index < -0.39 is 5.97 Å². The van der Waals surface area contributed by atoms with E-state index in [2.05, 4.69) is 11.5 Å². The van der Waals surface area contributed by atoms with Gasteiger partial charge >= 0.3 is 5.97 Å².